The Balaban J connectivity index is 1.61. The summed E-state index contributed by atoms with van der Waals surface area (Å²) in [5.41, 5.74) is 2.23. The summed E-state index contributed by atoms with van der Waals surface area (Å²) in [5, 5.41) is 0. The number of ether oxygens (including phenoxy) is 1. The minimum Gasteiger partial charge on any atom is -0.381 e. The number of benzene rings is 2. The highest BCUT2D eigenvalue weighted by Gasteiger charge is 2.13. The molecule has 0 aliphatic carbocycles. The van der Waals surface area contributed by atoms with Gasteiger partial charge < -0.3 is 4.74 Å². The minimum atomic E-state index is 0.738. The smallest absolute Gasteiger partial charge is 0.223 e. The van der Waals surface area contributed by atoms with Crippen molar-refractivity contribution in [3.8, 4) is 17.1 Å². The van der Waals surface area contributed by atoms with Crippen molar-refractivity contribution in [3.05, 3.63) is 65.5 Å². The van der Waals surface area contributed by atoms with Crippen LogP contribution >= 0.6 is 11.5 Å². The predicted octanol–water partition coefficient (Wildman–Crippen LogP) is 4.32. The fourth-order valence-corrected chi connectivity index (χ4v) is 4.13. The first-order chi connectivity index (χ1) is 12.9. The van der Waals surface area contributed by atoms with Crippen molar-refractivity contribution in [2.24, 2.45) is 10.9 Å². The first-order valence-electron chi connectivity index (χ1n) is 9.19. The fraction of sp³-hybridized carbons (Fsp3) is 0.333. The average Bonchev–Trinajstić information content (AvgIpc) is 3.14. The Kier molecular flexibility index (Phi) is 5.57. The highest BCUT2D eigenvalue weighted by Crippen LogP contribution is 2.22. The predicted molar refractivity (Wildman–Crippen MR) is 105 cm³/mol. The molecule has 0 bridgehead atoms. The second kappa shape index (κ2) is 8.43. The van der Waals surface area contributed by atoms with Crippen LogP contribution in [0.1, 0.15) is 19.3 Å². The molecule has 1 aliphatic heterocycles. The Bertz CT molecular complexity index is 820. The summed E-state index contributed by atoms with van der Waals surface area (Å²) in [5.74, 6) is 1.69. The monoisotopic (exact) mass is 365 g/mol. The maximum absolute atomic E-state index is 5.44. The van der Waals surface area contributed by atoms with Gasteiger partial charge in [-0.2, -0.15) is 4.98 Å². The number of nitrogens with zero attached hydrogens (tertiary/aromatic N) is 3. The molecular formula is C21H23N3OS. The lowest BCUT2D eigenvalue weighted by molar-refractivity contribution is 0.0646. The molecule has 2 aromatic carbocycles. The summed E-state index contributed by atoms with van der Waals surface area (Å²) in [6.07, 6.45) is 3.44. The largest absolute Gasteiger partial charge is 0.381 e. The van der Waals surface area contributed by atoms with Crippen LogP contribution in [-0.2, 0) is 4.74 Å². The number of para-hydroxylation sites is 1. The standard InChI is InChI=1S/C21H23N3OS/c1-3-7-18(8-4-1)20-23-21(22-14-11-17-12-15-25-16-13-17)26-24(20)19-9-5-2-6-10-19/h1-10,17H,11-16H2. The molecule has 2 heterocycles. The van der Waals surface area contributed by atoms with Gasteiger partial charge in [0.2, 0.25) is 4.80 Å². The molecule has 3 aromatic rings. The quantitative estimate of drug-likeness (QED) is 0.675. The average molecular weight is 366 g/mol. The van der Waals surface area contributed by atoms with E-state index in [4.69, 9.17) is 14.7 Å². The van der Waals surface area contributed by atoms with Crippen LogP contribution in [0.3, 0.4) is 0 Å². The minimum absolute atomic E-state index is 0.738. The van der Waals surface area contributed by atoms with Crippen LogP contribution in [0.4, 0.5) is 0 Å². The van der Waals surface area contributed by atoms with Crippen LogP contribution in [0.25, 0.3) is 17.1 Å². The highest BCUT2D eigenvalue weighted by atomic mass is 32.1. The number of hydrogen-bond acceptors (Lipinski definition) is 4. The first kappa shape index (κ1) is 17.2. The number of hydrogen-bond donors (Lipinski definition) is 0. The molecule has 0 N–H and O–H groups in total. The molecule has 134 valence electrons. The van der Waals surface area contributed by atoms with Gasteiger partial charge in [0, 0.05) is 25.3 Å². The Morgan fingerprint density at radius 3 is 2.42 bits per heavy atom. The van der Waals surface area contributed by atoms with Gasteiger partial charge in [-0.1, -0.05) is 48.5 Å². The molecule has 0 spiro atoms. The third-order valence-electron chi connectivity index (χ3n) is 4.71. The van der Waals surface area contributed by atoms with Gasteiger partial charge in [-0.3, -0.25) is 4.99 Å². The maximum atomic E-state index is 5.44. The van der Waals surface area contributed by atoms with Crippen molar-refractivity contribution < 1.29 is 4.74 Å². The van der Waals surface area contributed by atoms with Crippen molar-refractivity contribution in [1.82, 2.24) is 8.94 Å². The molecule has 1 aliphatic rings. The third kappa shape index (κ3) is 4.11. The summed E-state index contributed by atoms with van der Waals surface area (Å²) < 4.78 is 7.61. The van der Waals surface area contributed by atoms with Crippen LogP contribution in [0.5, 0.6) is 0 Å². The molecule has 0 atom stereocenters. The van der Waals surface area contributed by atoms with Gasteiger partial charge in [0.1, 0.15) is 0 Å². The Morgan fingerprint density at radius 2 is 1.69 bits per heavy atom. The molecule has 1 saturated heterocycles. The third-order valence-corrected chi connectivity index (χ3v) is 5.66. The molecule has 5 heteroatoms. The SMILES string of the molecule is c1ccc(-c2nc(=NCCC3CCOCC3)sn2-c2ccccc2)cc1. The van der Waals surface area contributed by atoms with E-state index in [2.05, 4.69) is 40.4 Å². The van der Waals surface area contributed by atoms with Crippen molar-refractivity contribution in [2.75, 3.05) is 19.8 Å². The van der Waals surface area contributed by atoms with E-state index in [1.807, 2.05) is 24.3 Å². The molecule has 26 heavy (non-hydrogen) atoms. The molecule has 1 fully saturated rings. The van der Waals surface area contributed by atoms with Gasteiger partial charge in [0.15, 0.2) is 5.82 Å². The van der Waals surface area contributed by atoms with Crippen LogP contribution in [0.15, 0.2) is 65.7 Å². The summed E-state index contributed by atoms with van der Waals surface area (Å²) in [7, 11) is 0. The van der Waals surface area contributed by atoms with E-state index >= 15 is 0 Å². The van der Waals surface area contributed by atoms with E-state index in [0.29, 0.717) is 0 Å². The van der Waals surface area contributed by atoms with Crippen molar-refractivity contribution in [2.45, 2.75) is 19.3 Å². The van der Waals surface area contributed by atoms with Crippen LogP contribution in [0.2, 0.25) is 0 Å². The lowest BCUT2D eigenvalue weighted by Gasteiger charge is -2.20. The summed E-state index contributed by atoms with van der Waals surface area (Å²) in [6, 6.07) is 20.7. The molecule has 0 saturated carbocycles. The highest BCUT2D eigenvalue weighted by molar-refractivity contribution is 7.04. The van der Waals surface area contributed by atoms with Gasteiger partial charge in [-0.25, -0.2) is 3.96 Å². The normalized spacial score (nSPS) is 16.1. The van der Waals surface area contributed by atoms with Crippen LogP contribution < -0.4 is 4.80 Å². The van der Waals surface area contributed by atoms with E-state index < -0.39 is 0 Å². The lowest BCUT2D eigenvalue weighted by atomic mass is 9.97. The molecule has 0 amide bonds. The zero-order chi connectivity index (χ0) is 17.6. The second-order valence-corrected chi connectivity index (χ2v) is 7.44. The van der Waals surface area contributed by atoms with Gasteiger partial charge in [0.25, 0.3) is 0 Å². The van der Waals surface area contributed by atoms with Gasteiger partial charge in [0.05, 0.1) is 5.69 Å². The van der Waals surface area contributed by atoms with Gasteiger partial charge in [-0.15, -0.1) is 0 Å². The van der Waals surface area contributed by atoms with E-state index in [-0.39, 0.29) is 0 Å². The first-order valence-corrected chi connectivity index (χ1v) is 9.97. The van der Waals surface area contributed by atoms with E-state index in [1.165, 1.54) is 0 Å². The maximum Gasteiger partial charge on any atom is 0.223 e. The Morgan fingerprint density at radius 1 is 1.00 bits per heavy atom. The Hall–Kier alpha value is -2.24. The molecule has 4 nitrogen and oxygen atoms in total. The number of aromatic nitrogens is 2. The van der Waals surface area contributed by atoms with Crippen molar-refractivity contribution in [3.63, 3.8) is 0 Å². The van der Waals surface area contributed by atoms with E-state index in [0.717, 1.165) is 66.8 Å². The second-order valence-electron chi connectivity index (χ2n) is 6.53. The molecule has 4 rings (SSSR count). The van der Waals surface area contributed by atoms with Crippen LogP contribution in [-0.4, -0.2) is 28.7 Å². The van der Waals surface area contributed by atoms with Crippen molar-refractivity contribution in [1.29, 1.82) is 0 Å². The van der Waals surface area contributed by atoms with E-state index in [9.17, 15) is 0 Å². The topological polar surface area (TPSA) is 39.4 Å². The van der Waals surface area contributed by atoms with E-state index in [1.54, 1.807) is 11.5 Å². The summed E-state index contributed by atoms with van der Waals surface area (Å²) >= 11 is 1.61. The van der Waals surface area contributed by atoms with Crippen LogP contribution in [0, 0.1) is 5.92 Å². The number of rotatable bonds is 5. The molecule has 1 aromatic heterocycles. The zero-order valence-corrected chi connectivity index (χ0v) is 15.6. The summed E-state index contributed by atoms with van der Waals surface area (Å²) in [4.78, 5) is 10.5. The summed E-state index contributed by atoms with van der Waals surface area (Å²) in [6.45, 7) is 2.63. The van der Waals surface area contributed by atoms with Gasteiger partial charge in [-0.05, 0) is 48.8 Å². The van der Waals surface area contributed by atoms with Gasteiger partial charge >= 0.3 is 0 Å². The Labute approximate surface area is 158 Å². The molecular weight excluding hydrogens is 342 g/mol. The molecule has 0 radical (unpaired) electrons. The zero-order valence-electron chi connectivity index (χ0n) is 14.8. The lowest BCUT2D eigenvalue weighted by Crippen LogP contribution is -2.16. The van der Waals surface area contributed by atoms with Crippen molar-refractivity contribution >= 4 is 11.5 Å². The fourth-order valence-electron chi connectivity index (χ4n) is 3.23. The molecule has 0 unspecified atom stereocenters.